The topological polar surface area (TPSA) is 29.1 Å². The van der Waals surface area contributed by atoms with Crippen LogP contribution in [0.5, 0.6) is 0 Å². The molecule has 0 radical (unpaired) electrons. The normalized spacial score (nSPS) is 10.2. The van der Waals surface area contributed by atoms with Crippen molar-refractivity contribution in [2.75, 3.05) is 5.32 Å². The number of benzene rings is 2. The first-order chi connectivity index (χ1) is 8.58. The van der Waals surface area contributed by atoms with E-state index in [0.717, 1.165) is 16.8 Å². The predicted octanol–water partition coefficient (Wildman–Crippen LogP) is 4.21. The molecule has 2 rings (SSSR count). The number of hydrogen-bond donors (Lipinski definition) is 1. The van der Waals surface area contributed by atoms with Crippen LogP contribution in [0.2, 0.25) is 5.02 Å². The summed E-state index contributed by atoms with van der Waals surface area (Å²) in [5.41, 5.74) is 3.39. The Bertz CT molecular complexity index is 576. The number of anilines is 1. The van der Waals surface area contributed by atoms with Crippen molar-refractivity contribution in [3.8, 4) is 0 Å². The van der Waals surface area contributed by atoms with E-state index in [2.05, 4.69) is 5.32 Å². The number of aryl methyl sites for hydroxylation is 1. The molecule has 2 aromatic carbocycles. The van der Waals surface area contributed by atoms with E-state index in [4.69, 9.17) is 11.6 Å². The summed E-state index contributed by atoms with van der Waals surface area (Å²) in [6, 6.07) is 12.9. The second-order valence-electron chi connectivity index (χ2n) is 4.23. The lowest BCUT2D eigenvalue weighted by Gasteiger charge is -2.09. The van der Waals surface area contributed by atoms with E-state index in [1.807, 2.05) is 50.2 Å². The molecule has 0 atom stereocenters. The summed E-state index contributed by atoms with van der Waals surface area (Å²) in [6.07, 6.45) is 0. The Morgan fingerprint density at radius 2 is 1.72 bits per heavy atom. The van der Waals surface area contributed by atoms with Gasteiger partial charge in [-0.05, 0) is 43.7 Å². The molecule has 0 aromatic heterocycles. The minimum atomic E-state index is -0.125. The molecular formula is C15H14ClNO. The molecule has 1 amide bonds. The van der Waals surface area contributed by atoms with Gasteiger partial charge in [0.2, 0.25) is 0 Å². The van der Waals surface area contributed by atoms with E-state index in [1.165, 1.54) is 0 Å². The Kier molecular flexibility index (Phi) is 3.68. The molecule has 0 aliphatic carbocycles. The molecule has 0 aliphatic heterocycles. The quantitative estimate of drug-likeness (QED) is 0.860. The Labute approximate surface area is 112 Å². The Balaban J connectivity index is 2.21. The molecule has 1 N–H and O–H groups in total. The highest BCUT2D eigenvalue weighted by Gasteiger charge is 2.08. The zero-order valence-corrected chi connectivity index (χ0v) is 11.1. The van der Waals surface area contributed by atoms with Gasteiger partial charge in [0.1, 0.15) is 0 Å². The van der Waals surface area contributed by atoms with E-state index in [0.29, 0.717) is 10.6 Å². The molecule has 0 heterocycles. The smallest absolute Gasteiger partial charge is 0.255 e. The predicted molar refractivity (Wildman–Crippen MR) is 75.3 cm³/mol. The second kappa shape index (κ2) is 5.23. The van der Waals surface area contributed by atoms with Gasteiger partial charge in [0, 0.05) is 16.3 Å². The summed E-state index contributed by atoms with van der Waals surface area (Å²) in [5, 5.41) is 3.51. The molecular weight excluding hydrogens is 246 g/mol. The lowest BCUT2D eigenvalue weighted by atomic mass is 10.1. The van der Waals surface area contributed by atoms with Gasteiger partial charge in [-0.3, -0.25) is 4.79 Å². The lowest BCUT2D eigenvalue weighted by molar-refractivity contribution is 0.102. The zero-order chi connectivity index (χ0) is 13.1. The molecule has 0 bridgehead atoms. The van der Waals surface area contributed by atoms with Gasteiger partial charge in [-0.2, -0.15) is 0 Å². The maximum Gasteiger partial charge on any atom is 0.255 e. The van der Waals surface area contributed by atoms with Gasteiger partial charge in [-0.25, -0.2) is 0 Å². The van der Waals surface area contributed by atoms with Gasteiger partial charge in [0.15, 0.2) is 0 Å². The third-order valence-electron chi connectivity index (χ3n) is 2.83. The van der Waals surface area contributed by atoms with E-state index >= 15 is 0 Å². The monoisotopic (exact) mass is 259 g/mol. The lowest BCUT2D eigenvalue weighted by Crippen LogP contribution is -2.12. The first-order valence-electron chi connectivity index (χ1n) is 5.71. The number of amides is 1. The van der Waals surface area contributed by atoms with Crippen molar-refractivity contribution in [3.63, 3.8) is 0 Å². The van der Waals surface area contributed by atoms with Crippen LogP contribution in [0, 0.1) is 13.8 Å². The Morgan fingerprint density at radius 3 is 2.39 bits per heavy atom. The first kappa shape index (κ1) is 12.7. The van der Waals surface area contributed by atoms with Crippen molar-refractivity contribution in [2.45, 2.75) is 13.8 Å². The van der Waals surface area contributed by atoms with Crippen LogP contribution < -0.4 is 5.32 Å². The maximum absolute atomic E-state index is 12.0. The zero-order valence-electron chi connectivity index (χ0n) is 10.3. The molecule has 0 saturated heterocycles. The summed E-state index contributed by atoms with van der Waals surface area (Å²) in [7, 11) is 0. The second-order valence-corrected chi connectivity index (χ2v) is 4.64. The number of nitrogens with one attached hydrogen (secondary N) is 1. The highest BCUT2D eigenvalue weighted by molar-refractivity contribution is 6.31. The van der Waals surface area contributed by atoms with Crippen molar-refractivity contribution in [1.29, 1.82) is 0 Å². The van der Waals surface area contributed by atoms with Crippen LogP contribution in [-0.2, 0) is 0 Å². The standard InChI is InChI=1S/C15H14ClNO/c1-10-6-8-12(9-7-10)15(18)17-14-5-3-4-13(16)11(14)2/h3-9H,1-2H3,(H,17,18). The number of rotatable bonds is 2. The van der Waals surface area contributed by atoms with Gasteiger partial charge in [0.05, 0.1) is 0 Å². The third-order valence-corrected chi connectivity index (χ3v) is 3.24. The summed E-state index contributed by atoms with van der Waals surface area (Å²) >= 11 is 6.01. The summed E-state index contributed by atoms with van der Waals surface area (Å²) in [5.74, 6) is -0.125. The molecule has 0 fully saturated rings. The van der Waals surface area contributed by atoms with Gasteiger partial charge < -0.3 is 5.32 Å². The average molecular weight is 260 g/mol. The maximum atomic E-state index is 12.0. The van der Waals surface area contributed by atoms with E-state index in [-0.39, 0.29) is 5.91 Å². The van der Waals surface area contributed by atoms with Gasteiger partial charge in [0.25, 0.3) is 5.91 Å². The molecule has 0 spiro atoms. The van der Waals surface area contributed by atoms with Crippen LogP contribution in [0.3, 0.4) is 0 Å². The molecule has 2 nitrogen and oxygen atoms in total. The highest BCUT2D eigenvalue weighted by atomic mass is 35.5. The van der Waals surface area contributed by atoms with Crippen LogP contribution in [0.15, 0.2) is 42.5 Å². The Morgan fingerprint density at radius 1 is 1.06 bits per heavy atom. The van der Waals surface area contributed by atoms with Crippen LogP contribution in [0.4, 0.5) is 5.69 Å². The van der Waals surface area contributed by atoms with Gasteiger partial charge in [-0.1, -0.05) is 35.4 Å². The van der Waals surface area contributed by atoms with E-state index in [9.17, 15) is 4.79 Å². The number of carbonyl (C=O) groups excluding carboxylic acids is 1. The Hall–Kier alpha value is -1.80. The molecule has 0 saturated carbocycles. The number of carbonyl (C=O) groups is 1. The van der Waals surface area contributed by atoms with Crippen LogP contribution >= 0.6 is 11.6 Å². The van der Waals surface area contributed by atoms with Crippen molar-refractivity contribution in [1.82, 2.24) is 0 Å². The molecule has 18 heavy (non-hydrogen) atoms. The first-order valence-corrected chi connectivity index (χ1v) is 6.09. The van der Waals surface area contributed by atoms with E-state index < -0.39 is 0 Å². The SMILES string of the molecule is Cc1ccc(C(=O)Nc2cccc(Cl)c2C)cc1. The minimum absolute atomic E-state index is 0.125. The molecule has 0 aliphatic rings. The van der Waals surface area contributed by atoms with Crippen molar-refractivity contribution in [3.05, 3.63) is 64.2 Å². The summed E-state index contributed by atoms with van der Waals surface area (Å²) < 4.78 is 0. The van der Waals surface area contributed by atoms with Gasteiger partial charge in [-0.15, -0.1) is 0 Å². The largest absolute Gasteiger partial charge is 0.322 e. The van der Waals surface area contributed by atoms with Crippen molar-refractivity contribution >= 4 is 23.2 Å². The summed E-state index contributed by atoms with van der Waals surface area (Å²) in [6.45, 7) is 3.87. The number of halogens is 1. The minimum Gasteiger partial charge on any atom is -0.322 e. The third kappa shape index (κ3) is 2.71. The fraction of sp³-hybridized carbons (Fsp3) is 0.133. The highest BCUT2D eigenvalue weighted by Crippen LogP contribution is 2.23. The molecule has 2 aromatic rings. The fourth-order valence-corrected chi connectivity index (χ4v) is 1.82. The molecule has 0 unspecified atom stereocenters. The van der Waals surface area contributed by atoms with Crippen LogP contribution in [0.1, 0.15) is 21.5 Å². The molecule has 3 heteroatoms. The van der Waals surface area contributed by atoms with Crippen molar-refractivity contribution < 1.29 is 4.79 Å². The fourth-order valence-electron chi connectivity index (χ4n) is 1.64. The molecule has 92 valence electrons. The summed E-state index contributed by atoms with van der Waals surface area (Å²) in [4.78, 5) is 12.0. The average Bonchev–Trinajstić information content (AvgIpc) is 2.36. The number of hydrogen-bond acceptors (Lipinski definition) is 1. The van der Waals surface area contributed by atoms with Gasteiger partial charge >= 0.3 is 0 Å². The van der Waals surface area contributed by atoms with Crippen LogP contribution in [-0.4, -0.2) is 5.91 Å². The van der Waals surface area contributed by atoms with Crippen LogP contribution in [0.25, 0.3) is 0 Å². The van der Waals surface area contributed by atoms with E-state index in [1.54, 1.807) is 6.07 Å². The van der Waals surface area contributed by atoms with Crippen molar-refractivity contribution in [2.24, 2.45) is 0 Å².